The highest BCUT2D eigenvalue weighted by atomic mass is 28.4. The number of hydrogen-bond donors (Lipinski definition) is 1. The Morgan fingerprint density at radius 3 is 2.26 bits per heavy atom. The molecule has 0 aromatic rings. The average molecular weight is 515 g/mol. The molecule has 6 nitrogen and oxygen atoms in total. The van der Waals surface area contributed by atoms with E-state index in [1.165, 1.54) is 0 Å². The Bertz CT molecular complexity index is 673. The zero-order valence-electron chi connectivity index (χ0n) is 23.3. The maximum atomic E-state index is 10.9. The molecule has 6 atom stereocenters. The van der Waals surface area contributed by atoms with Crippen molar-refractivity contribution in [1.82, 2.24) is 0 Å². The second-order valence-corrected chi connectivity index (χ2v) is 21.3. The van der Waals surface area contributed by atoms with E-state index in [2.05, 4.69) is 71.5 Å². The Hall–Kier alpha value is -0.506. The fourth-order valence-electron chi connectivity index (χ4n) is 3.19. The Morgan fingerprint density at radius 1 is 1.09 bits per heavy atom. The van der Waals surface area contributed by atoms with Gasteiger partial charge in [-0.05, 0) is 31.0 Å². The zero-order valence-corrected chi connectivity index (χ0v) is 25.3. The standard InChI is InChI=1S/C26H50O6Si2/c1-12-20(2)23(30-19-29-17-16-28-6)25-24(31-25)22(27)14-13-21(15-18-33(7,8)9)32-34(10,11)26(3,4)5/h12,20-25,27H,1,13-14,16-17,19H2,2-11H3/t20-,21-,22?,23+,24?,25?/m1/s1. The van der Waals surface area contributed by atoms with Crippen LogP contribution in [0, 0.1) is 17.4 Å². The summed E-state index contributed by atoms with van der Waals surface area (Å²) < 4.78 is 28.9. The van der Waals surface area contributed by atoms with Gasteiger partial charge in [0.25, 0.3) is 0 Å². The Labute approximate surface area is 210 Å². The van der Waals surface area contributed by atoms with Gasteiger partial charge in [0.15, 0.2) is 8.32 Å². The Morgan fingerprint density at radius 2 is 1.74 bits per heavy atom. The smallest absolute Gasteiger partial charge is 0.193 e. The van der Waals surface area contributed by atoms with Crippen molar-refractivity contribution in [2.24, 2.45) is 5.92 Å². The topological polar surface area (TPSA) is 69.7 Å². The minimum absolute atomic E-state index is 0.0745. The number of aliphatic hydroxyl groups excluding tert-OH is 1. The number of rotatable bonds is 15. The fourth-order valence-corrected chi connectivity index (χ4v) is 5.03. The van der Waals surface area contributed by atoms with Crippen molar-refractivity contribution >= 4 is 16.4 Å². The first kappa shape index (κ1) is 31.5. The van der Waals surface area contributed by atoms with E-state index in [1.807, 2.05) is 13.0 Å². The van der Waals surface area contributed by atoms with Gasteiger partial charge in [-0.2, -0.15) is 0 Å². The summed E-state index contributed by atoms with van der Waals surface area (Å²) in [6.07, 6.45) is 1.67. The molecule has 0 saturated carbocycles. The van der Waals surface area contributed by atoms with Crippen LogP contribution in [0.3, 0.4) is 0 Å². The van der Waals surface area contributed by atoms with Crippen molar-refractivity contribution in [3.63, 3.8) is 0 Å². The number of epoxide rings is 1. The van der Waals surface area contributed by atoms with E-state index in [4.69, 9.17) is 23.4 Å². The molecule has 1 heterocycles. The van der Waals surface area contributed by atoms with Crippen molar-refractivity contribution < 1.29 is 28.5 Å². The monoisotopic (exact) mass is 514 g/mol. The molecule has 1 aliphatic rings. The predicted molar refractivity (Wildman–Crippen MR) is 144 cm³/mol. The number of aliphatic hydroxyl groups is 1. The van der Waals surface area contributed by atoms with Crippen molar-refractivity contribution in [2.75, 3.05) is 27.1 Å². The van der Waals surface area contributed by atoms with Crippen LogP contribution < -0.4 is 0 Å². The highest BCUT2D eigenvalue weighted by molar-refractivity contribution is 6.83. The second kappa shape index (κ2) is 13.7. The molecule has 0 spiro atoms. The fraction of sp³-hybridized carbons (Fsp3) is 0.846. The first-order chi connectivity index (χ1) is 15.6. The third-order valence-corrected chi connectivity index (χ3v) is 11.9. The van der Waals surface area contributed by atoms with Crippen molar-refractivity contribution in [1.29, 1.82) is 0 Å². The van der Waals surface area contributed by atoms with Gasteiger partial charge in [-0.25, -0.2) is 0 Å². The molecule has 1 aliphatic heterocycles. The number of ether oxygens (including phenoxy) is 4. The van der Waals surface area contributed by atoms with Crippen LogP contribution >= 0.6 is 0 Å². The molecule has 198 valence electrons. The van der Waals surface area contributed by atoms with Crippen LogP contribution in [0.1, 0.15) is 40.5 Å². The van der Waals surface area contributed by atoms with E-state index in [-0.39, 0.29) is 42.2 Å². The largest absolute Gasteiger partial charge is 0.403 e. The second-order valence-electron chi connectivity index (χ2n) is 11.8. The molecule has 34 heavy (non-hydrogen) atoms. The summed E-state index contributed by atoms with van der Waals surface area (Å²) in [7, 11) is -1.87. The maximum absolute atomic E-state index is 10.9. The van der Waals surface area contributed by atoms with Crippen LogP contribution in [0.4, 0.5) is 0 Å². The SMILES string of the molecule is C=C[C@@H](C)[C@H](OCOCCOC)C1OC1C(O)CC[C@H](C#C[Si](C)(C)C)O[Si](C)(C)C(C)(C)C. The summed E-state index contributed by atoms with van der Waals surface area (Å²) in [4.78, 5) is 0. The lowest BCUT2D eigenvalue weighted by Crippen LogP contribution is -2.44. The van der Waals surface area contributed by atoms with Gasteiger partial charge in [-0.1, -0.05) is 59.3 Å². The quantitative estimate of drug-likeness (QED) is 0.0829. The molecule has 1 N–H and O–H groups in total. The molecular formula is C26H50O6Si2. The highest BCUT2D eigenvalue weighted by Crippen LogP contribution is 2.39. The van der Waals surface area contributed by atoms with E-state index in [0.29, 0.717) is 26.1 Å². The minimum atomic E-state index is -1.98. The molecule has 0 aromatic heterocycles. The van der Waals surface area contributed by atoms with Crippen LogP contribution in [0.25, 0.3) is 0 Å². The van der Waals surface area contributed by atoms with Gasteiger partial charge in [0, 0.05) is 13.0 Å². The van der Waals surface area contributed by atoms with Gasteiger partial charge < -0.3 is 28.5 Å². The normalized spacial score (nSPS) is 22.3. The van der Waals surface area contributed by atoms with Crippen LogP contribution in [0.2, 0.25) is 37.8 Å². The summed E-state index contributed by atoms with van der Waals surface area (Å²) in [6, 6.07) is 0. The first-order valence-electron chi connectivity index (χ1n) is 12.5. The van der Waals surface area contributed by atoms with Crippen molar-refractivity contribution in [3.8, 4) is 11.5 Å². The maximum Gasteiger partial charge on any atom is 0.193 e. The molecule has 3 unspecified atom stereocenters. The molecule has 1 fully saturated rings. The summed E-state index contributed by atoms with van der Waals surface area (Å²) >= 11 is 0. The summed E-state index contributed by atoms with van der Waals surface area (Å²) in [5.74, 6) is 3.49. The van der Waals surface area contributed by atoms with Gasteiger partial charge in [0.1, 0.15) is 33.2 Å². The first-order valence-corrected chi connectivity index (χ1v) is 18.9. The van der Waals surface area contributed by atoms with E-state index >= 15 is 0 Å². The van der Waals surface area contributed by atoms with E-state index < -0.39 is 22.5 Å². The number of methoxy groups -OCH3 is 1. The Kier molecular flexibility index (Phi) is 12.7. The third-order valence-electron chi connectivity index (χ3n) is 6.51. The molecule has 0 aromatic carbocycles. The van der Waals surface area contributed by atoms with Crippen LogP contribution in [-0.2, 0) is 23.4 Å². The van der Waals surface area contributed by atoms with Gasteiger partial charge in [0.05, 0.1) is 25.4 Å². The van der Waals surface area contributed by atoms with E-state index in [9.17, 15) is 5.11 Å². The van der Waals surface area contributed by atoms with Crippen LogP contribution in [0.5, 0.6) is 0 Å². The van der Waals surface area contributed by atoms with Gasteiger partial charge >= 0.3 is 0 Å². The van der Waals surface area contributed by atoms with E-state index in [1.54, 1.807) is 7.11 Å². The summed E-state index contributed by atoms with van der Waals surface area (Å²) in [6.45, 7) is 25.0. The molecule has 0 aliphatic carbocycles. The molecule has 0 bridgehead atoms. The van der Waals surface area contributed by atoms with Crippen molar-refractivity contribution in [2.45, 2.75) is 109 Å². The Balaban J connectivity index is 2.74. The molecule has 1 rings (SSSR count). The summed E-state index contributed by atoms with van der Waals surface area (Å²) in [5.41, 5.74) is 3.47. The zero-order chi connectivity index (χ0) is 26.2. The molecule has 8 heteroatoms. The van der Waals surface area contributed by atoms with Gasteiger partial charge in [0.2, 0.25) is 0 Å². The molecule has 1 saturated heterocycles. The molecular weight excluding hydrogens is 464 g/mol. The van der Waals surface area contributed by atoms with Gasteiger partial charge in [-0.15, -0.1) is 12.1 Å². The van der Waals surface area contributed by atoms with Gasteiger partial charge in [-0.3, -0.25) is 0 Å². The van der Waals surface area contributed by atoms with E-state index in [0.717, 1.165) is 0 Å². The average Bonchev–Trinajstić information content (AvgIpc) is 3.51. The minimum Gasteiger partial charge on any atom is -0.403 e. The lowest BCUT2D eigenvalue weighted by atomic mass is 9.97. The predicted octanol–water partition coefficient (Wildman–Crippen LogP) is 4.99. The lowest BCUT2D eigenvalue weighted by molar-refractivity contribution is -0.113. The lowest BCUT2D eigenvalue weighted by Gasteiger charge is -2.38. The third kappa shape index (κ3) is 11.0. The van der Waals surface area contributed by atoms with Crippen molar-refractivity contribution in [3.05, 3.63) is 12.7 Å². The molecule has 0 amide bonds. The highest BCUT2D eigenvalue weighted by Gasteiger charge is 2.51. The molecule has 0 radical (unpaired) electrons. The van der Waals surface area contributed by atoms with Crippen LogP contribution in [-0.4, -0.2) is 79.1 Å². The number of hydrogen-bond acceptors (Lipinski definition) is 6. The summed E-state index contributed by atoms with van der Waals surface area (Å²) in [5, 5.41) is 11.0. The van der Waals surface area contributed by atoms with Crippen LogP contribution in [0.15, 0.2) is 12.7 Å².